The van der Waals surface area contributed by atoms with Crippen LogP contribution in [0.15, 0.2) is 36.5 Å². The SMILES string of the molecule is CCOCC1(CCc2ccc(F)cc2)CCN(Cc2c(Cl)ccnc2Cl)C1. The van der Waals surface area contributed by atoms with Gasteiger partial charge in [0.25, 0.3) is 0 Å². The van der Waals surface area contributed by atoms with Crippen LogP contribution in [0, 0.1) is 11.2 Å². The largest absolute Gasteiger partial charge is 0.381 e. The van der Waals surface area contributed by atoms with Gasteiger partial charge in [0.1, 0.15) is 11.0 Å². The van der Waals surface area contributed by atoms with Crippen LogP contribution in [0.3, 0.4) is 0 Å². The highest BCUT2D eigenvalue weighted by Gasteiger charge is 2.38. The maximum atomic E-state index is 13.1. The molecule has 0 amide bonds. The molecule has 0 spiro atoms. The fraction of sp³-hybridized carbons (Fsp3) is 0.476. The third-order valence-electron chi connectivity index (χ3n) is 5.31. The van der Waals surface area contributed by atoms with Gasteiger partial charge in [0.2, 0.25) is 0 Å². The molecule has 1 aromatic heterocycles. The summed E-state index contributed by atoms with van der Waals surface area (Å²) in [6, 6.07) is 8.56. The minimum Gasteiger partial charge on any atom is -0.381 e. The molecule has 1 aliphatic rings. The molecule has 2 heterocycles. The highest BCUT2D eigenvalue weighted by molar-refractivity contribution is 6.35. The molecule has 1 fully saturated rings. The standard InChI is InChI=1S/C21H25Cl2FN2O/c1-2-27-15-21(9-7-16-3-5-17(24)6-4-16)10-12-26(14-21)13-18-19(22)8-11-25-20(18)23/h3-6,8,11H,2,7,9-10,12-15H2,1H3. The molecule has 1 atom stereocenters. The second kappa shape index (κ2) is 9.33. The lowest BCUT2D eigenvalue weighted by molar-refractivity contribution is 0.0489. The van der Waals surface area contributed by atoms with Gasteiger partial charge in [0.05, 0.1) is 6.61 Å². The lowest BCUT2D eigenvalue weighted by Gasteiger charge is -2.29. The minimum atomic E-state index is -0.194. The normalized spacial score (nSPS) is 20.3. The Morgan fingerprint density at radius 1 is 1.22 bits per heavy atom. The van der Waals surface area contributed by atoms with Crippen molar-refractivity contribution in [2.45, 2.75) is 32.7 Å². The van der Waals surface area contributed by atoms with E-state index in [-0.39, 0.29) is 11.2 Å². The molecule has 3 rings (SSSR count). The first kappa shape index (κ1) is 20.5. The number of pyridine rings is 1. The first-order valence-electron chi connectivity index (χ1n) is 9.35. The van der Waals surface area contributed by atoms with Gasteiger partial charge in [-0.3, -0.25) is 4.90 Å². The second-order valence-electron chi connectivity index (χ2n) is 7.29. The zero-order chi connectivity index (χ0) is 19.3. The molecule has 146 valence electrons. The van der Waals surface area contributed by atoms with E-state index in [0.717, 1.165) is 50.1 Å². The van der Waals surface area contributed by atoms with Gasteiger partial charge in [-0.1, -0.05) is 35.3 Å². The van der Waals surface area contributed by atoms with Gasteiger partial charge < -0.3 is 4.74 Å². The van der Waals surface area contributed by atoms with E-state index in [0.29, 0.717) is 23.3 Å². The van der Waals surface area contributed by atoms with Gasteiger partial charge in [-0.15, -0.1) is 0 Å². The van der Waals surface area contributed by atoms with Gasteiger partial charge in [-0.05, 0) is 56.5 Å². The topological polar surface area (TPSA) is 25.4 Å². The predicted octanol–water partition coefficient (Wildman–Crippen LogP) is 5.39. The number of benzene rings is 1. The van der Waals surface area contributed by atoms with Gasteiger partial charge in [-0.2, -0.15) is 0 Å². The average molecular weight is 411 g/mol. The summed E-state index contributed by atoms with van der Waals surface area (Å²) in [4.78, 5) is 6.52. The summed E-state index contributed by atoms with van der Waals surface area (Å²) in [6.07, 6.45) is 4.60. The number of halogens is 3. The van der Waals surface area contributed by atoms with E-state index >= 15 is 0 Å². The number of hydrogen-bond donors (Lipinski definition) is 0. The fourth-order valence-electron chi connectivity index (χ4n) is 3.75. The Labute approximate surface area is 170 Å². The lowest BCUT2D eigenvalue weighted by atomic mass is 9.82. The summed E-state index contributed by atoms with van der Waals surface area (Å²) in [6.45, 7) is 6.05. The van der Waals surface area contributed by atoms with E-state index in [1.165, 1.54) is 12.1 Å². The van der Waals surface area contributed by atoms with E-state index in [1.54, 1.807) is 12.3 Å². The maximum Gasteiger partial charge on any atom is 0.134 e. The maximum absolute atomic E-state index is 13.1. The minimum absolute atomic E-state index is 0.0888. The molecule has 1 aliphatic heterocycles. The van der Waals surface area contributed by atoms with Crippen LogP contribution >= 0.6 is 23.2 Å². The molecular formula is C21H25Cl2FN2O. The van der Waals surface area contributed by atoms with Crippen molar-refractivity contribution >= 4 is 23.2 Å². The molecular weight excluding hydrogens is 386 g/mol. The zero-order valence-corrected chi connectivity index (χ0v) is 17.1. The van der Waals surface area contributed by atoms with Crippen LogP contribution in [0.2, 0.25) is 10.2 Å². The Morgan fingerprint density at radius 2 is 2.00 bits per heavy atom. The summed E-state index contributed by atoms with van der Waals surface area (Å²) in [5.74, 6) is -0.194. The Hall–Kier alpha value is -1.20. The molecule has 0 saturated carbocycles. The van der Waals surface area contributed by atoms with E-state index in [1.807, 2.05) is 19.1 Å². The van der Waals surface area contributed by atoms with Crippen molar-refractivity contribution in [1.82, 2.24) is 9.88 Å². The molecule has 3 nitrogen and oxygen atoms in total. The van der Waals surface area contributed by atoms with Crippen LogP contribution < -0.4 is 0 Å². The van der Waals surface area contributed by atoms with Crippen molar-refractivity contribution in [1.29, 1.82) is 0 Å². The van der Waals surface area contributed by atoms with Gasteiger partial charge in [0.15, 0.2) is 0 Å². The summed E-state index contributed by atoms with van der Waals surface area (Å²) in [5.41, 5.74) is 2.13. The van der Waals surface area contributed by atoms with Crippen LogP contribution in [0.1, 0.15) is 30.9 Å². The number of aryl methyl sites for hydroxylation is 1. The Morgan fingerprint density at radius 3 is 2.70 bits per heavy atom. The molecule has 6 heteroatoms. The van der Waals surface area contributed by atoms with E-state index < -0.39 is 0 Å². The van der Waals surface area contributed by atoms with E-state index in [4.69, 9.17) is 27.9 Å². The molecule has 0 radical (unpaired) electrons. The molecule has 27 heavy (non-hydrogen) atoms. The number of nitrogens with zero attached hydrogens (tertiary/aromatic N) is 2. The van der Waals surface area contributed by atoms with Crippen molar-refractivity contribution in [2.24, 2.45) is 5.41 Å². The van der Waals surface area contributed by atoms with Gasteiger partial charge in [0, 0.05) is 41.9 Å². The quantitative estimate of drug-likeness (QED) is 0.545. The zero-order valence-electron chi connectivity index (χ0n) is 15.6. The predicted molar refractivity (Wildman–Crippen MR) is 108 cm³/mol. The van der Waals surface area contributed by atoms with Gasteiger partial charge in [-0.25, -0.2) is 9.37 Å². The van der Waals surface area contributed by atoms with E-state index in [9.17, 15) is 4.39 Å². The number of hydrogen-bond acceptors (Lipinski definition) is 3. The summed E-state index contributed by atoms with van der Waals surface area (Å²) >= 11 is 12.5. The fourth-order valence-corrected chi connectivity index (χ4v) is 4.22. The molecule has 0 aliphatic carbocycles. The highest BCUT2D eigenvalue weighted by Crippen LogP contribution is 2.37. The molecule has 1 aromatic carbocycles. The first-order valence-corrected chi connectivity index (χ1v) is 10.1. The van der Waals surface area contributed by atoms with Crippen LogP contribution in [0.4, 0.5) is 4.39 Å². The van der Waals surface area contributed by atoms with Crippen molar-refractivity contribution in [3.05, 3.63) is 63.6 Å². The molecule has 1 unspecified atom stereocenters. The summed E-state index contributed by atoms with van der Waals surface area (Å²) < 4.78 is 19.0. The Balaban J connectivity index is 1.67. The highest BCUT2D eigenvalue weighted by atomic mass is 35.5. The monoisotopic (exact) mass is 410 g/mol. The Kier molecular flexibility index (Phi) is 7.10. The van der Waals surface area contributed by atoms with Crippen LogP contribution in [-0.2, 0) is 17.7 Å². The number of aromatic nitrogens is 1. The Bertz CT molecular complexity index is 736. The third kappa shape index (κ3) is 5.41. The number of ether oxygens (including phenoxy) is 1. The first-order chi connectivity index (χ1) is 13.0. The van der Waals surface area contributed by atoms with Crippen LogP contribution in [0.5, 0.6) is 0 Å². The average Bonchev–Trinajstić information content (AvgIpc) is 3.06. The van der Waals surface area contributed by atoms with E-state index in [2.05, 4.69) is 9.88 Å². The molecule has 1 saturated heterocycles. The van der Waals surface area contributed by atoms with Gasteiger partial charge >= 0.3 is 0 Å². The smallest absolute Gasteiger partial charge is 0.134 e. The molecule has 0 bridgehead atoms. The van der Waals surface area contributed by atoms with Crippen molar-refractivity contribution in [3.63, 3.8) is 0 Å². The van der Waals surface area contributed by atoms with Crippen molar-refractivity contribution in [2.75, 3.05) is 26.3 Å². The second-order valence-corrected chi connectivity index (χ2v) is 8.05. The number of rotatable bonds is 8. The molecule has 0 N–H and O–H groups in total. The summed E-state index contributed by atoms with van der Waals surface area (Å²) in [5, 5.41) is 1.12. The lowest BCUT2D eigenvalue weighted by Crippen LogP contribution is -2.32. The van der Waals surface area contributed by atoms with Crippen molar-refractivity contribution in [3.8, 4) is 0 Å². The summed E-state index contributed by atoms with van der Waals surface area (Å²) in [7, 11) is 0. The third-order valence-corrected chi connectivity index (χ3v) is 5.99. The molecule has 2 aromatic rings. The van der Waals surface area contributed by atoms with Crippen molar-refractivity contribution < 1.29 is 9.13 Å². The number of likely N-dealkylation sites (tertiary alicyclic amines) is 1. The van der Waals surface area contributed by atoms with Crippen LogP contribution in [-0.4, -0.2) is 36.2 Å². The van der Waals surface area contributed by atoms with Crippen LogP contribution in [0.25, 0.3) is 0 Å².